The molecule has 1 fully saturated rings. The van der Waals surface area contributed by atoms with Crippen molar-refractivity contribution in [1.82, 2.24) is 5.32 Å². The van der Waals surface area contributed by atoms with Gasteiger partial charge in [-0.25, -0.2) is 4.39 Å². The van der Waals surface area contributed by atoms with Crippen LogP contribution in [0.1, 0.15) is 10.8 Å². The maximum absolute atomic E-state index is 14.5. The quantitative estimate of drug-likeness (QED) is 0.661. The highest BCUT2D eigenvalue weighted by Gasteiger charge is 2.23. The smallest absolute Gasteiger partial charge is 0.146 e. The number of rotatable bonds is 3. The van der Waals surface area contributed by atoms with Crippen LogP contribution >= 0.6 is 12.6 Å². The van der Waals surface area contributed by atoms with Crippen molar-refractivity contribution in [3.63, 3.8) is 0 Å². The van der Waals surface area contributed by atoms with Crippen LogP contribution in [-0.2, 0) is 0 Å². The molecule has 0 spiro atoms. The Morgan fingerprint density at radius 2 is 2.10 bits per heavy atom. The molecule has 1 aromatic rings. The normalized spacial score (nSPS) is 21.3. The van der Waals surface area contributed by atoms with E-state index >= 15 is 0 Å². The van der Waals surface area contributed by atoms with E-state index in [1.165, 1.54) is 0 Å². The Kier molecular flexibility index (Phi) is 4.22. The van der Waals surface area contributed by atoms with Gasteiger partial charge in [-0.15, -0.1) is 6.58 Å². The van der Waals surface area contributed by atoms with Crippen molar-refractivity contribution in [3.05, 3.63) is 48.4 Å². The molecule has 2 heterocycles. The standard InChI is InChI=1S/C16H20FN3S/c1-2-6-19-7-3-16(21)12-10-13(17)15(11-14(12)19)20-8-4-18-5-9-20/h2-3,7,10-11,16,18,21H,1,4-6,8-9H2. The molecule has 0 radical (unpaired) electrons. The number of nitrogens with one attached hydrogen (secondary N) is 1. The van der Waals surface area contributed by atoms with Gasteiger partial charge >= 0.3 is 0 Å². The van der Waals surface area contributed by atoms with E-state index in [1.54, 1.807) is 6.07 Å². The van der Waals surface area contributed by atoms with Gasteiger partial charge in [0.05, 0.1) is 5.69 Å². The van der Waals surface area contributed by atoms with Crippen LogP contribution in [0.3, 0.4) is 0 Å². The van der Waals surface area contributed by atoms with Crippen LogP contribution in [0.2, 0.25) is 0 Å². The molecular formula is C16H20FN3S. The average molecular weight is 305 g/mol. The van der Waals surface area contributed by atoms with Crippen LogP contribution in [0, 0.1) is 5.82 Å². The number of anilines is 2. The van der Waals surface area contributed by atoms with Crippen molar-refractivity contribution in [2.24, 2.45) is 0 Å². The summed E-state index contributed by atoms with van der Waals surface area (Å²) in [5.74, 6) is -0.163. The molecule has 3 rings (SSSR count). The molecule has 0 saturated carbocycles. The molecule has 3 nitrogen and oxygen atoms in total. The molecule has 5 heteroatoms. The van der Waals surface area contributed by atoms with E-state index in [0.717, 1.165) is 37.4 Å². The number of thiol groups is 1. The van der Waals surface area contributed by atoms with Crippen molar-refractivity contribution in [3.8, 4) is 0 Å². The Morgan fingerprint density at radius 3 is 2.81 bits per heavy atom. The predicted molar refractivity (Wildman–Crippen MR) is 89.9 cm³/mol. The Morgan fingerprint density at radius 1 is 1.33 bits per heavy atom. The molecule has 2 aliphatic heterocycles. The van der Waals surface area contributed by atoms with Gasteiger partial charge in [0, 0.05) is 49.9 Å². The first kappa shape index (κ1) is 14.5. The molecule has 1 atom stereocenters. The van der Waals surface area contributed by atoms with Crippen LogP contribution in [0.4, 0.5) is 15.8 Å². The first-order chi connectivity index (χ1) is 10.2. The Bertz CT molecular complexity index is 567. The Balaban J connectivity index is 2.01. The lowest BCUT2D eigenvalue weighted by atomic mass is 10.0. The first-order valence-corrected chi connectivity index (χ1v) is 7.75. The maximum Gasteiger partial charge on any atom is 0.146 e. The summed E-state index contributed by atoms with van der Waals surface area (Å²) in [6.45, 7) is 7.94. The third kappa shape index (κ3) is 2.80. The topological polar surface area (TPSA) is 18.5 Å². The van der Waals surface area contributed by atoms with E-state index in [1.807, 2.05) is 24.4 Å². The molecule has 1 N–H and O–H groups in total. The second-order valence-electron chi connectivity index (χ2n) is 5.33. The fourth-order valence-electron chi connectivity index (χ4n) is 2.87. The predicted octanol–water partition coefficient (Wildman–Crippen LogP) is 2.73. The van der Waals surface area contributed by atoms with Crippen molar-refractivity contribution >= 4 is 24.0 Å². The van der Waals surface area contributed by atoms with Crippen LogP contribution in [0.5, 0.6) is 0 Å². The second-order valence-corrected chi connectivity index (χ2v) is 5.88. The summed E-state index contributed by atoms with van der Waals surface area (Å²) in [6.07, 6.45) is 5.82. The minimum absolute atomic E-state index is 0.0624. The highest BCUT2D eigenvalue weighted by Crippen LogP contribution is 2.39. The molecule has 112 valence electrons. The third-order valence-electron chi connectivity index (χ3n) is 3.96. The number of nitrogens with zero attached hydrogens (tertiary/aromatic N) is 2. The van der Waals surface area contributed by atoms with Gasteiger partial charge in [0.2, 0.25) is 0 Å². The lowest BCUT2D eigenvalue weighted by Crippen LogP contribution is -2.44. The molecule has 0 amide bonds. The van der Waals surface area contributed by atoms with E-state index in [4.69, 9.17) is 0 Å². The second kappa shape index (κ2) is 6.12. The van der Waals surface area contributed by atoms with Crippen molar-refractivity contribution in [2.45, 2.75) is 5.25 Å². The molecular weight excluding hydrogens is 285 g/mol. The van der Waals surface area contributed by atoms with Crippen LogP contribution in [0.15, 0.2) is 37.1 Å². The Hall–Kier alpha value is -1.46. The highest BCUT2D eigenvalue weighted by atomic mass is 32.1. The van der Waals surface area contributed by atoms with Gasteiger partial charge < -0.3 is 15.1 Å². The molecule has 1 aromatic carbocycles. The molecule has 1 unspecified atom stereocenters. The van der Waals surface area contributed by atoms with Gasteiger partial charge in [-0.05, 0) is 17.7 Å². The zero-order chi connectivity index (χ0) is 14.8. The lowest BCUT2D eigenvalue weighted by Gasteiger charge is -2.33. The van der Waals surface area contributed by atoms with E-state index < -0.39 is 0 Å². The van der Waals surface area contributed by atoms with Crippen LogP contribution < -0.4 is 15.1 Å². The number of hydrogen-bond acceptors (Lipinski definition) is 4. The van der Waals surface area contributed by atoms with Crippen molar-refractivity contribution < 1.29 is 4.39 Å². The van der Waals surface area contributed by atoms with Gasteiger partial charge in [-0.3, -0.25) is 0 Å². The molecule has 0 aromatic heterocycles. The van der Waals surface area contributed by atoms with Crippen LogP contribution in [-0.4, -0.2) is 32.7 Å². The summed E-state index contributed by atoms with van der Waals surface area (Å²) in [5.41, 5.74) is 2.62. The van der Waals surface area contributed by atoms with E-state index in [9.17, 15) is 4.39 Å². The molecule has 1 saturated heterocycles. The lowest BCUT2D eigenvalue weighted by molar-refractivity contribution is 0.565. The molecule has 2 aliphatic rings. The van der Waals surface area contributed by atoms with E-state index in [-0.39, 0.29) is 11.1 Å². The average Bonchev–Trinajstić information content (AvgIpc) is 2.51. The summed E-state index contributed by atoms with van der Waals surface area (Å²) < 4.78 is 14.5. The van der Waals surface area contributed by atoms with Crippen molar-refractivity contribution in [1.29, 1.82) is 0 Å². The third-order valence-corrected chi connectivity index (χ3v) is 4.41. The Labute approximate surface area is 130 Å². The van der Waals surface area contributed by atoms with Gasteiger partial charge in [0.25, 0.3) is 0 Å². The zero-order valence-electron chi connectivity index (χ0n) is 11.9. The number of benzene rings is 1. The summed E-state index contributed by atoms with van der Waals surface area (Å²) >= 11 is 4.53. The van der Waals surface area contributed by atoms with E-state index in [0.29, 0.717) is 12.2 Å². The number of hydrogen-bond donors (Lipinski definition) is 2. The fraction of sp³-hybridized carbons (Fsp3) is 0.375. The summed E-state index contributed by atoms with van der Waals surface area (Å²) in [7, 11) is 0. The number of piperazine rings is 1. The van der Waals surface area contributed by atoms with Gasteiger partial charge in [-0.2, -0.15) is 12.6 Å². The van der Waals surface area contributed by atoms with E-state index in [2.05, 4.69) is 34.3 Å². The van der Waals surface area contributed by atoms with Gasteiger partial charge in [0.1, 0.15) is 5.82 Å². The minimum atomic E-state index is -0.163. The zero-order valence-corrected chi connectivity index (χ0v) is 12.8. The fourth-order valence-corrected chi connectivity index (χ4v) is 3.15. The number of halogens is 1. The molecule has 0 bridgehead atoms. The molecule has 21 heavy (non-hydrogen) atoms. The monoisotopic (exact) mass is 305 g/mol. The SMILES string of the molecule is C=CCN1C=CC(S)c2cc(F)c(N3CCNCC3)cc21. The highest BCUT2D eigenvalue weighted by molar-refractivity contribution is 7.80. The summed E-state index contributed by atoms with van der Waals surface area (Å²) in [5, 5.41) is 3.23. The van der Waals surface area contributed by atoms with Crippen LogP contribution in [0.25, 0.3) is 0 Å². The first-order valence-electron chi connectivity index (χ1n) is 7.23. The molecule has 0 aliphatic carbocycles. The summed E-state index contributed by atoms with van der Waals surface area (Å²) in [4.78, 5) is 4.18. The largest absolute Gasteiger partial charge is 0.367 e. The summed E-state index contributed by atoms with van der Waals surface area (Å²) in [6, 6.07) is 3.58. The number of fused-ring (bicyclic) bond motifs is 1. The van der Waals surface area contributed by atoms with Crippen molar-refractivity contribution in [2.75, 3.05) is 42.5 Å². The minimum Gasteiger partial charge on any atom is -0.367 e. The van der Waals surface area contributed by atoms with Gasteiger partial charge in [-0.1, -0.05) is 12.2 Å². The van der Waals surface area contributed by atoms with Gasteiger partial charge in [0.15, 0.2) is 0 Å². The maximum atomic E-state index is 14.5.